The Kier molecular flexibility index (Phi) is 6.96. The molecule has 2 aromatic carbocycles. The number of nitro groups is 1. The Morgan fingerprint density at radius 2 is 1.83 bits per heavy atom. The van der Waals surface area contributed by atoms with Gasteiger partial charge < -0.3 is 5.32 Å². The molecule has 2 fully saturated rings. The zero-order chi connectivity index (χ0) is 20.8. The number of hydrogen-bond acceptors (Lipinski definition) is 3. The topological polar surface area (TPSA) is 55.2 Å². The Bertz CT molecular complexity index is 872. The van der Waals surface area contributed by atoms with Gasteiger partial charge in [-0.3, -0.25) is 10.1 Å². The van der Waals surface area contributed by atoms with Crippen molar-refractivity contribution >= 4 is 11.8 Å². The van der Waals surface area contributed by atoms with Gasteiger partial charge in [0, 0.05) is 11.6 Å². The van der Waals surface area contributed by atoms with Crippen LogP contribution < -0.4 is 5.32 Å². The summed E-state index contributed by atoms with van der Waals surface area (Å²) < 4.78 is 0. The largest absolute Gasteiger partial charge is 0.316 e. The van der Waals surface area contributed by atoms with Crippen LogP contribution in [0.1, 0.15) is 73.5 Å². The molecule has 30 heavy (non-hydrogen) atoms. The molecule has 1 aliphatic carbocycles. The summed E-state index contributed by atoms with van der Waals surface area (Å²) in [6.07, 6.45) is 12.2. The normalized spacial score (nSPS) is 22.9. The van der Waals surface area contributed by atoms with E-state index in [2.05, 4.69) is 53.9 Å². The zero-order valence-corrected chi connectivity index (χ0v) is 17.6. The Hall–Kier alpha value is -2.46. The molecule has 4 heteroatoms. The van der Waals surface area contributed by atoms with Crippen LogP contribution in [0.5, 0.6) is 0 Å². The minimum atomic E-state index is -0.197. The van der Waals surface area contributed by atoms with Crippen LogP contribution in [-0.2, 0) is 0 Å². The van der Waals surface area contributed by atoms with Crippen LogP contribution in [0, 0.1) is 16.0 Å². The van der Waals surface area contributed by atoms with Gasteiger partial charge in [-0.25, -0.2) is 0 Å². The molecule has 1 N–H and O–H groups in total. The fourth-order valence-corrected chi connectivity index (χ4v) is 5.27. The number of allylic oxidation sites excluding steroid dienone is 1. The lowest BCUT2D eigenvalue weighted by atomic mass is 9.79. The molecule has 2 aliphatic rings. The van der Waals surface area contributed by atoms with Crippen LogP contribution >= 0.6 is 0 Å². The monoisotopic (exact) mass is 404 g/mol. The van der Waals surface area contributed by atoms with E-state index in [9.17, 15) is 10.1 Å². The molecule has 0 bridgehead atoms. The van der Waals surface area contributed by atoms with Gasteiger partial charge in [-0.1, -0.05) is 73.9 Å². The number of piperidine rings is 1. The van der Waals surface area contributed by atoms with Crippen molar-refractivity contribution < 1.29 is 4.92 Å². The standard InChI is InChI=1S/C26H32N2O2/c29-28(30)26-18-20(14-15-25(26)22-11-5-2-6-12-22)8-7-13-23-19-27-17-16-24(23)21-9-3-1-4-10-21/h1,3-4,7-10,14-15,18,22-24,27H,2,5-6,11-13,16-17,19H2/b8-7+. The number of benzene rings is 2. The lowest BCUT2D eigenvalue weighted by Gasteiger charge is -2.32. The lowest BCUT2D eigenvalue weighted by Crippen LogP contribution is -2.35. The smallest absolute Gasteiger partial charge is 0.273 e. The van der Waals surface area contributed by atoms with Crippen LogP contribution in [0.2, 0.25) is 0 Å². The van der Waals surface area contributed by atoms with Crippen molar-refractivity contribution in [3.8, 4) is 0 Å². The van der Waals surface area contributed by atoms with Crippen molar-refractivity contribution in [2.45, 2.75) is 56.8 Å². The molecule has 1 saturated heterocycles. The molecule has 0 radical (unpaired) electrons. The highest BCUT2D eigenvalue weighted by Gasteiger charge is 2.26. The Labute approximate surface area is 179 Å². The van der Waals surface area contributed by atoms with Gasteiger partial charge in [-0.05, 0) is 67.7 Å². The first kappa shape index (κ1) is 20.8. The number of nitro benzene ring substituents is 1. The van der Waals surface area contributed by atoms with Gasteiger partial charge in [0.15, 0.2) is 0 Å². The third kappa shape index (κ3) is 4.99. The third-order valence-corrected chi connectivity index (χ3v) is 6.88. The third-order valence-electron chi connectivity index (χ3n) is 6.88. The van der Waals surface area contributed by atoms with Gasteiger partial charge in [0.05, 0.1) is 4.92 Å². The summed E-state index contributed by atoms with van der Waals surface area (Å²) in [5, 5.41) is 15.2. The molecule has 0 amide bonds. The molecule has 2 atom stereocenters. The van der Waals surface area contributed by atoms with E-state index in [-0.39, 0.29) is 4.92 Å². The van der Waals surface area contributed by atoms with E-state index in [0.29, 0.717) is 23.4 Å². The summed E-state index contributed by atoms with van der Waals surface area (Å²) in [6, 6.07) is 16.6. The van der Waals surface area contributed by atoms with Crippen molar-refractivity contribution in [2.24, 2.45) is 5.92 Å². The first-order valence-corrected chi connectivity index (χ1v) is 11.4. The van der Waals surface area contributed by atoms with Gasteiger partial charge in [0.1, 0.15) is 0 Å². The van der Waals surface area contributed by atoms with Crippen molar-refractivity contribution in [1.82, 2.24) is 5.32 Å². The lowest BCUT2D eigenvalue weighted by molar-refractivity contribution is -0.385. The van der Waals surface area contributed by atoms with Crippen molar-refractivity contribution in [2.75, 3.05) is 13.1 Å². The van der Waals surface area contributed by atoms with E-state index in [1.54, 1.807) is 6.07 Å². The average Bonchev–Trinajstić information content (AvgIpc) is 2.80. The second-order valence-electron chi connectivity index (χ2n) is 8.82. The minimum Gasteiger partial charge on any atom is -0.316 e. The van der Waals surface area contributed by atoms with E-state index in [1.807, 2.05) is 6.07 Å². The first-order valence-electron chi connectivity index (χ1n) is 11.4. The fourth-order valence-electron chi connectivity index (χ4n) is 5.27. The average molecular weight is 405 g/mol. The molecule has 2 unspecified atom stereocenters. The molecule has 1 aliphatic heterocycles. The number of rotatable bonds is 6. The maximum Gasteiger partial charge on any atom is 0.273 e. The Balaban J connectivity index is 1.46. The summed E-state index contributed by atoms with van der Waals surface area (Å²) in [5.74, 6) is 1.46. The van der Waals surface area contributed by atoms with Crippen molar-refractivity contribution in [3.05, 3.63) is 81.4 Å². The van der Waals surface area contributed by atoms with E-state index in [0.717, 1.165) is 49.9 Å². The van der Waals surface area contributed by atoms with Gasteiger partial charge in [0.2, 0.25) is 0 Å². The summed E-state index contributed by atoms with van der Waals surface area (Å²) in [7, 11) is 0. The number of nitrogens with one attached hydrogen (secondary N) is 1. The number of hydrogen-bond donors (Lipinski definition) is 1. The summed E-state index contributed by atoms with van der Waals surface area (Å²) in [6.45, 7) is 2.08. The first-order chi connectivity index (χ1) is 14.7. The van der Waals surface area contributed by atoms with Crippen molar-refractivity contribution in [1.29, 1.82) is 0 Å². The van der Waals surface area contributed by atoms with Crippen LogP contribution in [-0.4, -0.2) is 18.0 Å². The number of nitrogens with zero attached hydrogens (tertiary/aromatic N) is 1. The Morgan fingerprint density at radius 1 is 1.03 bits per heavy atom. The minimum absolute atomic E-state index is 0.197. The van der Waals surface area contributed by atoms with E-state index < -0.39 is 0 Å². The second kappa shape index (κ2) is 10.0. The quantitative estimate of drug-likeness (QED) is 0.445. The summed E-state index contributed by atoms with van der Waals surface area (Å²) >= 11 is 0. The predicted molar refractivity (Wildman–Crippen MR) is 123 cm³/mol. The molecular formula is C26H32N2O2. The van der Waals surface area contributed by atoms with Crippen LogP contribution in [0.3, 0.4) is 0 Å². The molecule has 1 saturated carbocycles. The fraction of sp³-hybridized carbons (Fsp3) is 0.462. The predicted octanol–water partition coefficient (Wildman–Crippen LogP) is 6.44. The maximum atomic E-state index is 11.7. The van der Waals surface area contributed by atoms with Gasteiger partial charge >= 0.3 is 0 Å². The van der Waals surface area contributed by atoms with E-state index in [1.165, 1.54) is 24.8 Å². The molecular weight excluding hydrogens is 372 g/mol. The molecule has 1 heterocycles. The highest BCUT2D eigenvalue weighted by atomic mass is 16.6. The second-order valence-corrected chi connectivity index (χ2v) is 8.82. The zero-order valence-electron chi connectivity index (χ0n) is 17.6. The summed E-state index contributed by atoms with van der Waals surface area (Å²) in [5.41, 5.74) is 3.58. The SMILES string of the molecule is O=[N+]([O-])c1cc(/C=C/CC2CNCCC2c2ccccc2)ccc1C1CCCCC1. The van der Waals surface area contributed by atoms with Crippen molar-refractivity contribution in [3.63, 3.8) is 0 Å². The Morgan fingerprint density at radius 3 is 2.60 bits per heavy atom. The van der Waals surface area contributed by atoms with Crippen LogP contribution in [0.15, 0.2) is 54.6 Å². The molecule has 4 rings (SSSR count). The highest BCUT2D eigenvalue weighted by molar-refractivity contribution is 5.57. The van der Waals surface area contributed by atoms with Crippen LogP contribution in [0.25, 0.3) is 6.08 Å². The maximum absolute atomic E-state index is 11.7. The molecule has 0 aromatic heterocycles. The van der Waals surface area contributed by atoms with E-state index >= 15 is 0 Å². The highest BCUT2D eigenvalue weighted by Crippen LogP contribution is 2.38. The van der Waals surface area contributed by atoms with Gasteiger partial charge in [-0.15, -0.1) is 0 Å². The van der Waals surface area contributed by atoms with E-state index in [4.69, 9.17) is 0 Å². The molecule has 4 nitrogen and oxygen atoms in total. The van der Waals surface area contributed by atoms with Gasteiger partial charge in [0.25, 0.3) is 5.69 Å². The van der Waals surface area contributed by atoms with Gasteiger partial charge in [-0.2, -0.15) is 0 Å². The summed E-state index contributed by atoms with van der Waals surface area (Å²) in [4.78, 5) is 11.5. The molecule has 158 valence electrons. The molecule has 0 spiro atoms. The molecule has 2 aromatic rings. The van der Waals surface area contributed by atoms with Crippen LogP contribution in [0.4, 0.5) is 5.69 Å².